The molecule has 0 heterocycles. The molecule has 0 unspecified atom stereocenters. The number of carboxylic acid groups (broad SMARTS) is 1. The third kappa shape index (κ3) is 13.2. The number of hydrogen-bond acceptors (Lipinski definition) is 8. The Bertz CT molecular complexity index is 1090. The van der Waals surface area contributed by atoms with E-state index >= 15 is 0 Å². The zero-order valence-electron chi connectivity index (χ0n) is 22.6. The van der Waals surface area contributed by atoms with Gasteiger partial charge in [0.15, 0.2) is 0 Å². The van der Waals surface area contributed by atoms with E-state index in [1.54, 1.807) is 53.7 Å². The van der Waals surface area contributed by atoms with Crippen molar-refractivity contribution in [1.29, 1.82) is 0 Å². The van der Waals surface area contributed by atoms with E-state index in [4.69, 9.17) is 14.6 Å². The number of carboxylic acids is 1. The third-order valence-corrected chi connectivity index (χ3v) is 5.52. The van der Waals surface area contributed by atoms with E-state index in [2.05, 4.69) is 5.32 Å². The van der Waals surface area contributed by atoms with Gasteiger partial charge in [-0.05, 0) is 65.7 Å². The Morgan fingerprint density at radius 2 is 1.32 bits per heavy atom. The van der Waals surface area contributed by atoms with Crippen molar-refractivity contribution >= 4 is 34.1 Å². The first-order chi connectivity index (χ1) is 17.3. The predicted octanol–water partition coefficient (Wildman–Crippen LogP) is 1.55. The van der Waals surface area contributed by atoms with Crippen molar-refractivity contribution < 1.29 is 42.2 Å². The number of hydrogen-bond donors (Lipinski definition) is 3. The number of carbonyl (C=O) groups is 4. The monoisotopic (exact) mass is 558 g/mol. The summed E-state index contributed by atoms with van der Waals surface area (Å²) in [6.45, 7) is 8.58. The van der Waals surface area contributed by atoms with Gasteiger partial charge in [-0.2, -0.15) is 0 Å². The van der Waals surface area contributed by atoms with Crippen LogP contribution in [0, 0.1) is 0 Å². The molecule has 38 heavy (non-hydrogen) atoms. The van der Waals surface area contributed by atoms with E-state index in [1.165, 1.54) is 12.1 Å². The van der Waals surface area contributed by atoms with Crippen molar-refractivity contribution in [3.8, 4) is 0 Å². The predicted molar refractivity (Wildman–Crippen MR) is 138 cm³/mol. The average molecular weight is 559 g/mol. The molecular formula is C24H38N4O9S. The number of benzene rings is 1. The molecule has 0 aromatic heterocycles. The maximum Gasteiger partial charge on any atom is 0.410 e. The molecule has 0 fully saturated rings. The molecule has 0 aliphatic heterocycles. The van der Waals surface area contributed by atoms with Gasteiger partial charge in [-0.1, -0.05) is 12.1 Å². The maximum absolute atomic E-state index is 12.7. The Balaban J connectivity index is 2.85. The van der Waals surface area contributed by atoms with Gasteiger partial charge >= 0.3 is 18.2 Å². The molecule has 214 valence electrons. The Hall–Kier alpha value is -3.39. The minimum Gasteiger partial charge on any atom is -0.480 e. The van der Waals surface area contributed by atoms with Crippen molar-refractivity contribution in [1.82, 2.24) is 15.1 Å². The fourth-order valence-electron chi connectivity index (χ4n) is 2.95. The van der Waals surface area contributed by atoms with Crippen LogP contribution >= 0.6 is 0 Å². The molecule has 0 saturated carbocycles. The molecule has 0 spiro atoms. The van der Waals surface area contributed by atoms with Crippen molar-refractivity contribution in [3.05, 3.63) is 29.8 Å². The Labute approximate surface area is 223 Å². The summed E-state index contributed by atoms with van der Waals surface area (Å²) in [5.41, 5.74) is -0.971. The molecule has 0 radical (unpaired) electrons. The van der Waals surface area contributed by atoms with Gasteiger partial charge in [0, 0.05) is 19.6 Å². The van der Waals surface area contributed by atoms with Crippen LogP contribution in [-0.4, -0.2) is 91.3 Å². The average Bonchev–Trinajstić information content (AvgIpc) is 2.72. The first-order valence-electron chi connectivity index (χ1n) is 11.8. The van der Waals surface area contributed by atoms with Crippen molar-refractivity contribution in [2.24, 2.45) is 5.14 Å². The van der Waals surface area contributed by atoms with Crippen molar-refractivity contribution in [2.45, 2.75) is 64.1 Å². The lowest BCUT2D eigenvalue weighted by molar-refractivity contribution is -0.138. The highest BCUT2D eigenvalue weighted by Crippen LogP contribution is 2.13. The van der Waals surface area contributed by atoms with Crippen molar-refractivity contribution in [2.75, 3.05) is 32.7 Å². The lowest BCUT2D eigenvalue weighted by Crippen LogP contribution is -2.48. The first-order valence-corrected chi connectivity index (χ1v) is 13.4. The second-order valence-corrected chi connectivity index (χ2v) is 12.0. The van der Waals surface area contributed by atoms with Crippen LogP contribution in [0.5, 0.6) is 0 Å². The Kier molecular flexibility index (Phi) is 11.5. The van der Waals surface area contributed by atoms with Gasteiger partial charge in [-0.15, -0.1) is 0 Å². The summed E-state index contributed by atoms with van der Waals surface area (Å²) in [5, 5.41) is 16.9. The molecule has 14 heteroatoms. The summed E-state index contributed by atoms with van der Waals surface area (Å²) >= 11 is 0. The number of carbonyl (C=O) groups excluding carboxylic acids is 3. The number of nitrogens with two attached hydrogens (primary N) is 1. The SMILES string of the molecule is CC(C)(C)OC(=O)N(CCN(CC(=O)NCCc1ccc(S(N)(=O)=O)cc1)C(=O)OC(C)(C)C)CC(=O)O. The Morgan fingerprint density at radius 3 is 1.71 bits per heavy atom. The standard InChI is InChI=1S/C24H38N4O9S/c1-23(2,3)36-21(32)27(13-14-28(16-20(30)31)22(33)37-24(4,5)6)15-19(29)26-12-11-17-7-9-18(10-8-17)38(25,34)35/h7-10H,11-16H2,1-6H3,(H,26,29)(H,30,31)(H2,25,34,35). The molecular weight excluding hydrogens is 520 g/mol. The quantitative estimate of drug-likeness (QED) is 0.362. The van der Waals surface area contributed by atoms with Crippen LogP contribution in [0.2, 0.25) is 0 Å². The number of nitrogens with one attached hydrogen (secondary N) is 1. The highest BCUT2D eigenvalue weighted by Gasteiger charge is 2.28. The molecule has 0 atom stereocenters. The zero-order valence-corrected chi connectivity index (χ0v) is 23.5. The molecule has 4 N–H and O–H groups in total. The topological polar surface area (TPSA) is 186 Å². The molecule has 3 amide bonds. The third-order valence-electron chi connectivity index (χ3n) is 4.59. The van der Waals surface area contributed by atoms with Gasteiger partial charge in [0.2, 0.25) is 15.9 Å². The molecule has 1 aromatic carbocycles. The number of nitrogens with zero attached hydrogens (tertiary/aromatic N) is 2. The molecule has 1 rings (SSSR count). The second-order valence-electron chi connectivity index (χ2n) is 10.5. The summed E-state index contributed by atoms with van der Waals surface area (Å²) in [7, 11) is -3.81. The lowest BCUT2D eigenvalue weighted by atomic mass is 10.1. The second kappa shape index (κ2) is 13.4. The van der Waals surface area contributed by atoms with Gasteiger partial charge in [-0.25, -0.2) is 23.1 Å². The fourth-order valence-corrected chi connectivity index (χ4v) is 3.46. The van der Waals surface area contributed by atoms with Gasteiger partial charge in [0.05, 0.1) is 4.90 Å². The highest BCUT2D eigenvalue weighted by molar-refractivity contribution is 7.89. The molecule has 0 aliphatic rings. The van der Waals surface area contributed by atoms with E-state index in [0.29, 0.717) is 6.42 Å². The van der Waals surface area contributed by atoms with Gasteiger partial charge in [0.1, 0.15) is 24.3 Å². The zero-order chi connectivity index (χ0) is 29.3. The maximum atomic E-state index is 12.7. The largest absolute Gasteiger partial charge is 0.480 e. The molecule has 0 aliphatic carbocycles. The van der Waals surface area contributed by atoms with E-state index in [-0.39, 0.29) is 24.5 Å². The van der Waals surface area contributed by atoms with Gasteiger partial charge in [-0.3, -0.25) is 19.4 Å². The van der Waals surface area contributed by atoms with E-state index in [9.17, 15) is 32.7 Å². The number of aliphatic carboxylic acids is 1. The lowest BCUT2D eigenvalue weighted by Gasteiger charge is -2.30. The molecule has 1 aromatic rings. The number of primary sulfonamides is 1. The van der Waals surface area contributed by atoms with Gasteiger partial charge < -0.3 is 19.9 Å². The normalized spacial score (nSPS) is 11.9. The number of rotatable bonds is 11. The molecule has 13 nitrogen and oxygen atoms in total. The number of amides is 3. The van der Waals surface area contributed by atoms with Crippen LogP contribution < -0.4 is 10.5 Å². The summed E-state index contributed by atoms with van der Waals surface area (Å²) in [4.78, 5) is 51.0. The van der Waals surface area contributed by atoms with Crippen LogP contribution in [-0.2, 0) is 35.5 Å². The van der Waals surface area contributed by atoms with E-state index in [0.717, 1.165) is 15.4 Å². The number of sulfonamides is 1. The minimum atomic E-state index is -3.81. The molecule has 0 saturated heterocycles. The van der Waals surface area contributed by atoms with E-state index < -0.39 is 58.4 Å². The summed E-state index contributed by atoms with van der Waals surface area (Å²) in [6.07, 6.45) is -1.30. The summed E-state index contributed by atoms with van der Waals surface area (Å²) in [6, 6.07) is 5.88. The fraction of sp³-hybridized carbons (Fsp3) is 0.583. The number of ether oxygens (including phenoxy) is 2. The van der Waals surface area contributed by atoms with Crippen LogP contribution in [0.3, 0.4) is 0 Å². The minimum absolute atomic E-state index is 0.0263. The Morgan fingerprint density at radius 1 is 0.868 bits per heavy atom. The van der Waals surface area contributed by atoms with Crippen molar-refractivity contribution in [3.63, 3.8) is 0 Å². The summed E-state index contributed by atoms with van der Waals surface area (Å²) in [5.74, 6) is -1.78. The van der Waals surface area contributed by atoms with Crippen LogP contribution in [0.4, 0.5) is 9.59 Å². The van der Waals surface area contributed by atoms with Crippen LogP contribution in [0.25, 0.3) is 0 Å². The highest BCUT2D eigenvalue weighted by atomic mass is 32.2. The molecule has 0 bridgehead atoms. The summed E-state index contributed by atoms with van der Waals surface area (Å²) < 4.78 is 33.3. The van der Waals surface area contributed by atoms with E-state index in [1.807, 2.05) is 0 Å². The van der Waals surface area contributed by atoms with Crippen LogP contribution in [0.15, 0.2) is 29.2 Å². The van der Waals surface area contributed by atoms with Gasteiger partial charge in [0.25, 0.3) is 0 Å². The smallest absolute Gasteiger partial charge is 0.410 e. The first kappa shape index (κ1) is 32.6. The van der Waals surface area contributed by atoms with Crippen LogP contribution in [0.1, 0.15) is 47.1 Å².